The van der Waals surface area contributed by atoms with Gasteiger partial charge in [-0.15, -0.1) is 0 Å². The van der Waals surface area contributed by atoms with Crippen LogP contribution in [0.5, 0.6) is 34.5 Å². The van der Waals surface area contributed by atoms with Gasteiger partial charge in [-0.05, 0) is 77.3 Å². The predicted molar refractivity (Wildman–Crippen MR) is 170 cm³/mol. The van der Waals surface area contributed by atoms with Gasteiger partial charge in [0.25, 0.3) is 0 Å². The normalized spacial score (nSPS) is 14.0. The Bertz CT molecular complexity index is 1380. The van der Waals surface area contributed by atoms with E-state index in [0.717, 1.165) is 26.7 Å². The quantitative estimate of drug-likeness (QED) is 0.213. The van der Waals surface area contributed by atoms with Crippen LogP contribution < -0.4 is 45.6 Å². The van der Waals surface area contributed by atoms with Crippen LogP contribution in [0.2, 0.25) is 5.02 Å². The molecule has 0 amide bonds. The molecule has 0 aromatic heterocycles. The summed E-state index contributed by atoms with van der Waals surface area (Å²) in [6.07, 6.45) is 0.397. The molecule has 42 heavy (non-hydrogen) atoms. The molecule has 4 unspecified atom stereocenters. The lowest BCUT2D eigenvalue weighted by Gasteiger charge is -2.37. The Labute approximate surface area is 261 Å². The minimum Gasteiger partial charge on any atom is -0.496 e. The van der Waals surface area contributed by atoms with E-state index in [-0.39, 0.29) is 12.5 Å². The molecule has 0 radical (unpaired) electrons. The molecular formula is C31H41BrClN3O6. The Morgan fingerprint density at radius 2 is 1.24 bits per heavy atom. The predicted octanol–water partition coefficient (Wildman–Crippen LogP) is 5.19. The lowest BCUT2D eigenvalue weighted by molar-refractivity contribution is 0.347. The van der Waals surface area contributed by atoms with E-state index in [0.29, 0.717) is 45.9 Å². The molecule has 0 saturated heterocycles. The number of ether oxygens (including phenoxy) is 6. The van der Waals surface area contributed by atoms with Crippen molar-refractivity contribution in [2.45, 2.75) is 37.3 Å². The number of nitrogens with two attached hydrogens (primary N) is 3. The summed E-state index contributed by atoms with van der Waals surface area (Å²) in [4.78, 5) is 0. The Kier molecular flexibility index (Phi) is 12.0. The van der Waals surface area contributed by atoms with Crippen molar-refractivity contribution < 1.29 is 28.4 Å². The van der Waals surface area contributed by atoms with Crippen LogP contribution in [0, 0.1) is 6.92 Å². The van der Waals surface area contributed by atoms with Crippen LogP contribution in [-0.4, -0.2) is 61.3 Å². The highest BCUT2D eigenvalue weighted by atomic mass is 79.9. The standard InChI is InChI=1S/C31H41BrClN3O6/c1-16-8-26(39-4)19(12-24(16)37-2)30(20(15-34)18-11-29(42-7)22(33)14-27(18)40-5)31(36)23(35)9-17-10-28(41-6)21(32)13-25(17)38-3/h8,10-14,20,23,30-31H,9,15,34-36H2,1-7H3. The SMILES string of the molecule is COc1cc(C(C(CN)c2cc(OC)c(Cl)cc2OC)C(N)C(N)Cc2cc(OC)c(Br)cc2OC)c(OC)cc1C. The Morgan fingerprint density at radius 1 is 0.690 bits per heavy atom. The van der Waals surface area contributed by atoms with Crippen molar-refractivity contribution >= 4 is 27.5 Å². The average Bonchev–Trinajstić information content (AvgIpc) is 2.99. The maximum absolute atomic E-state index is 7.14. The van der Waals surface area contributed by atoms with Gasteiger partial charge < -0.3 is 45.6 Å². The van der Waals surface area contributed by atoms with Gasteiger partial charge in [-0.1, -0.05) is 11.6 Å². The van der Waals surface area contributed by atoms with Gasteiger partial charge in [0.05, 0.1) is 52.2 Å². The highest BCUT2D eigenvalue weighted by Crippen LogP contribution is 2.47. The van der Waals surface area contributed by atoms with Crippen LogP contribution in [0.3, 0.4) is 0 Å². The van der Waals surface area contributed by atoms with Crippen LogP contribution in [0.4, 0.5) is 0 Å². The lowest BCUT2D eigenvalue weighted by atomic mass is 9.73. The number of hydrogen-bond donors (Lipinski definition) is 3. The van der Waals surface area contributed by atoms with Gasteiger partial charge in [0.15, 0.2) is 0 Å². The van der Waals surface area contributed by atoms with Crippen molar-refractivity contribution in [3.8, 4) is 34.5 Å². The summed E-state index contributed by atoms with van der Waals surface area (Å²) in [6, 6.07) is 10.0. The third-order valence-corrected chi connectivity index (χ3v) is 8.53. The summed E-state index contributed by atoms with van der Waals surface area (Å²) >= 11 is 9.97. The first kappa shape index (κ1) is 33.6. The summed E-state index contributed by atoms with van der Waals surface area (Å²) in [6.45, 7) is 2.16. The van der Waals surface area contributed by atoms with E-state index < -0.39 is 18.0 Å². The summed E-state index contributed by atoms with van der Waals surface area (Å²) in [5.41, 5.74) is 23.9. The first-order chi connectivity index (χ1) is 20.1. The molecule has 0 aliphatic carbocycles. The molecule has 0 bridgehead atoms. The molecule has 11 heteroatoms. The molecule has 9 nitrogen and oxygen atoms in total. The second kappa shape index (κ2) is 15.0. The monoisotopic (exact) mass is 665 g/mol. The van der Waals surface area contributed by atoms with Gasteiger partial charge in [0.1, 0.15) is 34.5 Å². The zero-order valence-electron chi connectivity index (χ0n) is 25.1. The molecule has 0 heterocycles. The molecule has 3 rings (SSSR count). The van der Waals surface area contributed by atoms with Crippen molar-refractivity contribution in [3.63, 3.8) is 0 Å². The Hall–Kier alpha value is -2.89. The third kappa shape index (κ3) is 7.01. The molecule has 0 aliphatic heterocycles. The molecule has 0 fully saturated rings. The first-order valence-electron chi connectivity index (χ1n) is 13.3. The number of halogens is 2. The number of benzene rings is 3. The van der Waals surface area contributed by atoms with Crippen LogP contribution in [0.15, 0.2) is 40.9 Å². The minimum absolute atomic E-state index is 0.209. The topological polar surface area (TPSA) is 133 Å². The second-order valence-electron chi connectivity index (χ2n) is 9.90. The zero-order valence-corrected chi connectivity index (χ0v) is 27.5. The van der Waals surface area contributed by atoms with Gasteiger partial charge in [0, 0.05) is 41.1 Å². The Balaban J connectivity index is 2.23. The molecule has 0 aliphatic rings. The average molecular weight is 667 g/mol. The molecule has 0 spiro atoms. The van der Waals surface area contributed by atoms with E-state index in [9.17, 15) is 0 Å². The molecule has 0 saturated carbocycles. The zero-order chi connectivity index (χ0) is 31.1. The smallest absolute Gasteiger partial charge is 0.138 e. The van der Waals surface area contributed by atoms with Crippen molar-refractivity contribution in [2.24, 2.45) is 17.2 Å². The number of methoxy groups -OCH3 is 6. The largest absolute Gasteiger partial charge is 0.496 e. The van der Waals surface area contributed by atoms with Gasteiger partial charge in [-0.2, -0.15) is 0 Å². The van der Waals surface area contributed by atoms with Crippen molar-refractivity contribution in [1.82, 2.24) is 0 Å². The van der Waals surface area contributed by atoms with Crippen molar-refractivity contribution in [1.29, 1.82) is 0 Å². The van der Waals surface area contributed by atoms with Crippen LogP contribution in [0.1, 0.15) is 34.1 Å². The number of hydrogen-bond acceptors (Lipinski definition) is 9. The molecule has 3 aromatic carbocycles. The van der Waals surface area contributed by atoms with Crippen molar-refractivity contribution in [2.75, 3.05) is 49.2 Å². The third-order valence-electron chi connectivity index (χ3n) is 7.62. The van der Waals surface area contributed by atoms with E-state index in [2.05, 4.69) is 15.9 Å². The van der Waals surface area contributed by atoms with E-state index in [4.69, 9.17) is 57.2 Å². The fourth-order valence-corrected chi connectivity index (χ4v) is 6.12. The second-order valence-corrected chi connectivity index (χ2v) is 11.2. The van der Waals surface area contributed by atoms with Gasteiger partial charge in [-0.3, -0.25) is 0 Å². The summed E-state index contributed by atoms with van der Waals surface area (Å²) < 4.78 is 34.8. The maximum Gasteiger partial charge on any atom is 0.138 e. The molecule has 4 atom stereocenters. The molecule has 6 N–H and O–H groups in total. The summed E-state index contributed by atoms with van der Waals surface area (Å²) in [5, 5.41) is 0.414. The summed E-state index contributed by atoms with van der Waals surface area (Å²) in [5.74, 6) is 2.87. The van der Waals surface area contributed by atoms with E-state index >= 15 is 0 Å². The first-order valence-corrected chi connectivity index (χ1v) is 14.5. The van der Waals surface area contributed by atoms with E-state index in [1.807, 2.05) is 37.3 Å². The number of rotatable bonds is 14. The highest BCUT2D eigenvalue weighted by molar-refractivity contribution is 9.10. The molecule has 3 aromatic rings. The fourth-order valence-electron chi connectivity index (χ4n) is 5.41. The minimum atomic E-state index is -0.620. The molecular weight excluding hydrogens is 626 g/mol. The summed E-state index contributed by atoms with van der Waals surface area (Å²) in [7, 11) is 9.60. The van der Waals surface area contributed by atoms with Gasteiger partial charge >= 0.3 is 0 Å². The molecule has 230 valence electrons. The number of aryl methyl sites for hydroxylation is 1. The fraction of sp³-hybridized carbons (Fsp3) is 0.419. The van der Waals surface area contributed by atoms with E-state index in [1.54, 1.807) is 48.7 Å². The van der Waals surface area contributed by atoms with Crippen LogP contribution in [-0.2, 0) is 6.42 Å². The lowest BCUT2D eigenvalue weighted by Crippen LogP contribution is -2.49. The van der Waals surface area contributed by atoms with Gasteiger partial charge in [-0.25, -0.2) is 0 Å². The maximum atomic E-state index is 7.14. The highest BCUT2D eigenvalue weighted by Gasteiger charge is 2.37. The van der Waals surface area contributed by atoms with Crippen LogP contribution in [0.25, 0.3) is 0 Å². The van der Waals surface area contributed by atoms with Crippen LogP contribution >= 0.6 is 27.5 Å². The van der Waals surface area contributed by atoms with E-state index in [1.165, 1.54) is 0 Å². The van der Waals surface area contributed by atoms with Crippen molar-refractivity contribution in [3.05, 3.63) is 68.1 Å². The van der Waals surface area contributed by atoms with Gasteiger partial charge in [0.2, 0.25) is 0 Å². The Morgan fingerprint density at radius 3 is 1.79 bits per heavy atom.